The molecule has 0 amide bonds. The average molecular weight is 282 g/mol. The maximum atomic E-state index is 11.8. The third-order valence-corrected chi connectivity index (χ3v) is 5.26. The molecule has 0 bridgehead atoms. The summed E-state index contributed by atoms with van der Waals surface area (Å²) in [7, 11) is 0. The first kappa shape index (κ1) is 15.8. The van der Waals surface area contributed by atoms with Crippen LogP contribution >= 0.6 is 0 Å². The van der Waals surface area contributed by atoms with Crippen LogP contribution in [-0.2, 0) is 4.79 Å². The monoisotopic (exact) mass is 282 g/mol. The Kier molecular flexibility index (Phi) is 5.44. The van der Waals surface area contributed by atoms with Crippen molar-refractivity contribution in [2.75, 3.05) is 13.1 Å². The van der Waals surface area contributed by atoms with Crippen LogP contribution < -0.4 is 5.32 Å². The zero-order valence-corrected chi connectivity index (χ0v) is 13.0. The number of piperidine rings is 1. The Morgan fingerprint density at radius 3 is 2.75 bits per heavy atom. The molecule has 1 saturated carbocycles. The summed E-state index contributed by atoms with van der Waals surface area (Å²) in [6.07, 6.45) is 8.82. The van der Waals surface area contributed by atoms with Crippen LogP contribution in [0.2, 0.25) is 0 Å². The minimum atomic E-state index is -0.687. The molecule has 2 rings (SSSR count). The molecule has 2 aliphatic rings. The molecule has 2 N–H and O–H groups in total. The van der Waals surface area contributed by atoms with Crippen LogP contribution in [0.15, 0.2) is 0 Å². The smallest absolute Gasteiger partial charge is 0.323 e. The van der Waals surface area contributed by atoms with Gasteiger partial charge in [-0.25, -0.2) is 0 Å². The predicted octanol–water partition coefficient (Wildman–Crippen LogP) is 2.63. The van der Waals surface area contributed by atoms with Crippen molar-refractivity contribution in [3.63, 3.8) is 0 Å². The Hall–Kier alpha value is -0.610. The highest BCUT2D eigenvalue weighted by Crippen LogP contribution is 2.35. The van der Waals surface area contributed by atoms with Crippen LogP contribution in [0, 0.1) is 0 Å². The van der Waals surface area contributed by atoms with Gasteiger partial charge in [-0.3, -0.25) is 9.69 Å². The second-order valence-corrected chi connectivity index (χ2v) is 6.46. The van der Waals surface area contributed by atoms with Gasteiger partial charge >= 0.3 is 5.97 Å². The summed E-state index contributed by atoms with van der Waals surface area (Å²) in [6.45, 7) is 6.16. The third-order valence-electron chi connectivity index (χ3n) is 5.26. The molecule has 4 nitrogen and oxygen atoms in total. The second-order valence-electron chi connectivity index (χ2n) is 6.46. The van der Waals surface area contributed by atoms with Crippen LogP contribution in [0.25, 0.3) is 0 Å². The maximum Gasteiger partial charge on any atom is 0.323 e. The summed E-state index contributed by atoms with van der Waals surface area (Å²) in [5.74, 6) is -0.658. The molecular weight excluding hydrogens is 252 g/mol. The molecule has 2 fully saturated rings. The van der Waals surface area contributed by atoms with Gasteiger partial charge in [-0.1, -0.05) is 20.3 Å². The second kappa shape index (κ2) is 6.90. The van der Waals surface area contributed by atoms with E-state index in [2.05, 4.69) is 17.1 Å². The molecular formula is C16H30N2O2. The number of carboxylic acid groups (broad SMARTS) is 1. The molecule has 1 saturated heterocycles. The Balaban J connectivity index is 2.10. The Labute approximate surface area is 122 Å². The van der Waals surface area contributed by atoms with Gasteiger partial charge in [0.25, 0.3) is 0 Å². The van der Waals surface area contributed by atoms with E-state index in [1.807, 2.05) is 6.92 Å². The largest absolute Gasteiger partial charge is 0.480 e. The summed E-state index contributed by atoms with van der Waals surface area (Å²) in [4.78, 5) is 14.4. The number of likely N-dealkylation sites (N-methyl/N-ethyl adjacent to an activating group) is 1. The van der Waals surface area contributed by atoms with Crippen LogP contribution in [-0.4, -0.2) is 46.7 Å². The van der Waals surface area contributed by atoms with Crippen LogP contribution in [0.4, 0.5) is 0 Å². The molecule has 4 heteroatoms. The number of likely N-dealkylation sites (tertiary alicyclic amines) is 1. The zero-order chi connectivity index (χ0) is 14.6. The number of hydrogen-bond donors (Lipinski definition) is 2. The summed E-state index contributed by atoms with van der Waals surface area (Å²) in [5, 5.41) is 13.0. The molecule has 1 aliphatic carbocycles. The summed E-state index contributed by atoms with van der Waals surface area (Å²) < 4.78 is 0. The number of hydrogen-bond acceptors (Lipinski definition) is 3. The fourth-order valence-electron chi connectivity index (χ4n) is 4.24. The Morgan fingerprint density at radius 2 is 2.10 bits per heavy atom. The van der Waals surface area contributed by atoms with Crippen molar-refractivity contribution in [3.8, 4) is 0 Å². The van der Waals surface area contributed by atoms with E-state index in [-0.39, 0.29) is 0 Å². The van der Waals surface area contributed by atoms with Crippen LogP contribution in [0.3, 0.4) is 0 Å². The number of aliphatic carboxylic acids is 1. The highest BCUT2D eigenvalue weighted by molar-refractivity contribution is 5.79. The quantitative estimate of drug-likeness (QED) is 0.814. The van der Waals surface area contributed by atoms with E-state index in [0.29, 0.717) is 12.1 Å². The van der Waals surface area contributed by atoms with Gasteiger partial charge in [0.2, 0.25) is 0 Å². The molecule has 0 radical (unpaired) electrons. The first-order valence-corrected chi connectivity index (χ1v) is 8.37. The summed E-state index contributed by atoms with van der Waals surface area (Å²) in [5.41, 5.74) is -0.687. The van der Waals surface area contributed by atoms with Gasteiger partial charge in [0.1, 0.15) is 5.54 Å². The van der Waals surface area contributed by atoms with E-state index in [4.69, 9.17) is 0 Å². The van der Waals surface area contributed by atoms with Gasteiger partial charge in [0.15, 0.2) is 0 Å². The lowest BCUT2D eigenvalue weighted by atomic mass is 9.77. The highest BCUT2D eigenvalue weighted by atomic mass is 16.4. The van der Waals surface area contributed by atoms with Gasteiger partial charge in [-0.15, -0.1) is 0 Å². The van der Waals surface area contributed by atoms with Gasteiger partial charge in [-0.05, 0) is 58.0 Å². The molecule has 3 unspecified atom stereocenters. The molecule has 116 valence electrons. The predicted molar refractivity (Wildman–Crippen MR) is 80.9 cm³/mol. The fraction of sp³-hybridized carbons (Fsp3) is 0.938. The lowest BCUT2D eigenvalue weighted by Crippen LogP contribution is -2.59. The van der Waals surface area contributed by atoms with Crippen LogP contribution in [0.5, 0.6) is 0 Å². The van der Waals surface area contributed by atoms with E-state index < -0.39 is 11.5 Å². The first-order chi connectivity index (χ1) is 9.63. The van der Waals surface area contributed by atoms with E-state index in [1.165, 1.54) is 25.7 Å². The van der Waals surface area contributed by atoms with E-state index in [1.54, 1.807) is 0 Å². The van der Waals surface area contributed by atoms with Gasteiger partial charge < -0.3 is 10.4 Å². The van der Waals surface area contributed by atoms with Crippen molar-refractivity contribution >= 4 is 5.97 Å². The lowest BCUT2D eigenvalue weighted by Gasteiger charge is -2.47. The summed E-state index contributed by atoms with van der Waals surface area (Å²) >= 11 is 0. The minimum absolute atomic E-state index is 0.448. The first-order valence-electron chi connectivity index (χ1n) is 8.37. The van der Waals surface area contributed by atoms with E-state index in [9.17, 15) is 9.90 Å². The van der Waals surface area contributed by atoms with E-state index >= 15 is 0 Å². The third kappa shape index (κ3) is 3.17. The van der Waals surface area contributed by atoms with Gasteiger partial charge in [-0.2, -0.15) is 0 Å². The van der Waals surface area contributed by atoms with Crippen molar-refractivity contribution in [2.24, 2.45) is 0 Å². The topological polar surface area (TPSA) is 52.6 Å². The van der Waals surface area contributed by atoms with Crippen molar-refractivity contribution in [1.82, 2.24) is 10.2 Å². The maximum absolute atomic E-state index is 11.8. The average Bonchev–Trinajstić information content (AvgIpc) is 2.47. The zero-order valence-electron chi connectivity index (χ0n) is 13.0. The van der Waals surface area contributed by atoms with Crippen molar-refractivity contribution in [2.45, 2.75) is 82.8 Å². The van der Waals surface area contributed by atoms with E-state index in [0.717, 1.165) is 38.8 Å². The van der Waals surface area contributed by atoms with Crippen molar-refractivity contribution < 1.29 is 9.90 Å². The van der Waals surface area contributed by atoms with Crippen LogP contribution in [0.1, 0.15) is 65.2 Å². The molecule has 1 aliphatic heterocycles. The highest BCUT2D eigenvalue weighted by Gasteiger charge is 2.44. The molecule has 0 aromatic carbocycles. The SMILES string of the molecule is CCNC1(C(=O)O)CCCC(N2CCCCC2CC)C1. The number of carbonyl (C=O) groups is 1. The normalized spacial score (nSPS) is 35.9. The number of rotatable bonds is 5. The fourth-order valence-corrected chi connectivity index (χ4v) is 4.24. The molecule has 0 spiro atoms. The molecule has 20 heavy (non-hydrogen) atoms. The van der Waals surface area contributed by atoms with Crippen molar-refractivity contribution in [1.29, 1.82) is 0 Å². The van der Waals surface area contributed by atoms with Gasteiger partial charge in [0.05, 0.1) is 0 Å². The van der Waals surface area contributed by atoms with Crippen molar-refractivity contribution in [3.05, 3.63) is 0 Å². The molecule has 3 atom stereocenters. The lowest BCUT2D eigenvalue weighted by molar-refractivity contribution is -0.147. The molecule has 0 aromatic rings. The number of carboxylic acids is 1. The summed E-state index contributed by atoms with van der Waals surface area (Å²) in [6, 6.07) is 1.11. The minimum Gasteiger partial charge on any atom is -0.480 e. The number of nitrogens with one attached hydrogen (secondary N) is 1. The molecule has 0 aromatic heterocycles. The number of nitrogens with zero attached hydrogens (tertiary/aromatic N) is 1. The van der Waals surface area contributed by atoms with Gasteiger partial charge in [0, 0.05) is 12.1 Å². The molecule has 1 heterocycles. The standard InChI is InChI=1S/C16H30N2O2/c1-3-13-8-5-6-11-18(13)14-9-7-10-16(12-14,15(19)20)17-4-2/h13-14,17H,3-12H2,1-2H3,(H,19,20). The Morgan fingerprint density at radius 1 is 1.30 bits per heavy atom. The Bertz CT molecular complexity index is 330.